The van der Waals surface area contributed by atoms with Gasteiger partial charge in [-0.05, 0) is 50.7 Å². The average Bonchev–Trinajstić information content (AvgIpc) is 3.22. The molecule has 0 aliphatic carbocycles. The van der Waals surface area contributed by atoms with Crippen molar-refractivity contribution >= 4 is 16.6 Å². The van der Waals surface area contributed by atoms with Crippen LogP contribution in [0.1, 0.15) is 18.9 Å². The lowest BCUT2D eigenvalue weighted by atomic mass is 10.1. The molecule has 26 heavy (non-hydrogen) atoms. The van der Waals surface area contributed by atoms with Gasteiger partial charge in [-0.3, -0.25) is 9.13 Å². The summed E-state index contributed by atoms with van der Waals surface area (Å²) in [4.78, 5) is 15.7. The molecule has 132 valence electrons. The van der Waals surface area contributed by atoms with Gasteiger partial charge in [0.05, 0.1) is 40.7 Å². The Labute approximate surface area is 150 Å². The number of hydrogen-bond donors (Lipinski definition) is 0. The van der Waals surface area contributed by atoms with Crippen LogP contribution in [0.25, 0.3) is 22.2 Å². The molecule has 7 nitrogen and oxygen atoms in total. The maximum absolute atomic E-state index is 13.4. The molecule has 1 aliphatic heterocycles. The Morgan fingerprint density at radius 1 is 1.12 bits per heavy atom. The fraction of sp³-hybridized carbons (Fsp3) is 0.316. The molecule has 0 saturated carbocycles. The smallest absolute Gasteiger partial charge is 0.304 e. The standard InChI is InChI=1S/C19H20N6O/c1-22-10-4-5-15(12-22)24-17-6-2-3-7-18(17)25(19(24)26)16-9-8-14-11-20-21-23(14)13-16/h2-3,6-9,11,13,15H,4-5,10,12H2,1H3. The van der Waals surface area contributed by atoms with E-state index in [4.69, 9.17) is 0 Å². The topological polar surface area (TPSA) is 60.4 Å². The third-order valence-electron chi connectivity index (χ3n) is 5.28. The van der Waals surface area contributed by atoms with E-state index in [1.165, 1.54) is 0 Å². The minimum atomic E-state index is 0.00552. The van der Waals surface area contributed by atoms with Crippen molar-refractivity contribution in [2.45, 2.75) is 18.9 Å². The van der Waals surface area contributed by atoms with Crippen molar-refractivity contribution in [3.8, 4) is 5.69 Å². The van der Waals surface area contributed by atoms with Crippen LogP contribution in [0.4, 0.5) is 0 Å². The Morgan fingerprint density at radius 3 is 2.81 bits per heavy atom. The molecule has 1 aliphatic rings. The van der Waals surface area contributed by atoms with E-state index >= 15 is 0 Å². The zero-order valence-corrected chi connectivity index (χ0v) is 14.6. The second-order valence-corrected chi connectivity index (χ2v) is 7.03. The fourth-order valence-electron chi connectivity index (χ4n) is 4.07. The summed E-state index contributed by atoms with van der Waals surface area (Å²) in [6.45, 7) is 1.99. The summed E-state index contributed by atoms with van der Waals surface area (Å²) in [5.74, 6) is 0. The van der Waals surface area contributed by atoms with Gasteiger partial charge < -0.3 is 4.90 Å². The fourth-order valence-corrected chi connectivity index (χ4v) is 4.07. The second-order valence-electron chi connectivity index (χ2n) is 7.03. The number of benzene rings is 1. The first-order chi connectivity index (χ1) is 12.7. The van der Waals surface area contributed by atoms with E-state index in [9.17, 15) is 4.79 Å². The first-order valence-corrected chi connectivity index (χ1v) is 8.93. The highest BCUT2D eigenvalue weighted by Crippen LogP contribution is 2.25. The van der Waals surface area contributed by atoms with Crippen molar-refractivity contribution in [3.63, 3.8) is 0 Å². The molecule has 7 heteroatoms. The highest BCUT2D eigenvalue weighted by Gasteiger charge is 2.24. The maximum Gasteiger partial charge on any atom is 0.334 e. The molecule has 0 amide bonds. The van der Waals surface area contributed by atoms with Crippen LogP contribution in [0, 0.1) is 0 Å². The predicted molar refractivity (Wildman–Crippen MR) is 99.8 cm³/mol. The van der Waals surface area contributed by atoms with Gasteiger partial charge in [-0.25, -0.2) is 9.31 Å². The summed E-state index contributed by atoms with van der Waals surface area (Å²) in [5.41, 5.74) is 3.61. The third-order valence-corrected chi connectivity index (χ3v) is 5.28. The van der Waals surface area contributed by atoms with Crippen LogP contribution in [-0.2, 0) is 0 Å². The number of piperidine rings is 1. The summed E-state index contributed by atoms with van der Waals surface area (Å²) < 4.78 is 5.45. The molecule has 1 aromatic carbocycles. The molecule has 3 aromatic heterocycles. The SMILES string of the molecule is CN1CCCC(n2c(=O)n(-c3ccc4cnnn4c3)c3ccccc32)C1. The monoisotopic (exact) mass is 348 g/mol. The van der Waals surface area contributed by atoms with E-state index in [0.717, 1.165) is 48.2 Å². The summed E-state index contributed by atoms with van der Waals surface area (Å²) in [6, 6.07) is 12.1. The molecule has 1 saturated heterocycles. The lowest BCUT2D eigenvalue weighted by molar-refractivity contribution is 0.212. The van der Waals surface area contributed by atoms with Crippen molar-refractivity contribution in [2.75, 3.05) is 20.1 Å². The number of hydrogen-bond acceptors (Lipinski definition) is 4. The molecular weight excluding hydrogens is 328 g/mol. The molecule has 1 fully saturated rings. The van der Waals surface area contributed by atoms with E-state index in [0.29, 0.717) is 0 Å². The van der Waals surface area contributed by atoms with Gasteiger partial charge in [0.2, 0.25) is 0 Å². The highest BCUT2D eigenvalue weighted by atomic mass is 16.1. The quantitative estimate of drug-likeness (QED) is 0.557. The van der Waals surface area contributed by atoms with Gasteiger partial charge in [-0.2, -0.15) is 0 Å². The Kier molecular flexibility index (Phi) is 3.43. The number of nitrogens with zero attached hydrogens (tertiary/aromatic N) is 6. The molecule has 1 unspecified atom stereocenters. The summed E-state index contributed by atoms with van der Waals surface area (Å²) in [6.07, 6.45) is 5.69. The van der Waals surface area contributed by atoms with E-state index in [-0.39, 0.29) is 11.7 Å². The zero-order valence-electron chi connectivity index (χ0n) is 14.6. The molecule has 4 heterocycles. The van der Waals surface area contributed by atoms with Gasteiger partial charge in [0.25, 0.3) is 0 Å². The molecule has 5 rings (SSSR count). The van der Waals surface area contributed by atoms with Gasteiger partial charge in [-0.15, -0.1) is 5.10 Å². The van der Waals surface area contributed by atoms with Crippen LogP contribution in [0.2, 0.25) is 0 Å². The summed E-state index contributed by atoms with van der Waals surface area (Å²) in [5, 5.41) is 7.98. The Balaban J connectivity index is 1.75. The van der Waals surface area contributed by atoms with E-state index < -0.39 is 0 Å². The molecule has 0 radical (unpaired) electrons. The number of rotatable bonds is 2. The van der Waals surface area contributed by atoms with E-state index in [1.807, 2.05) is 47.2 Å². The molecule has 4 aromatic rings. The van der Waals surface area contributed by atoms with Crippen molar-refractivity contribution < 1.29 is 0 Å². The highest BCUT2D eigenvalue weighted by molar-refractivity contribution is 5.78. The lowest BCUT2D eigenvalue weighted by Gasteiger charge is -2.30. The van der Waals surface area contributed by atoms with Crippen molar-refractivity contribution in [3.05, 3.63) is 59.3 Å². The maximum atomic E-state index is 13.4. The van der Waals surface area contributed by atoms with Crippen molar-refractivity contribution in [1.29, 1.82) is 0 Å². The number of para-hydroxylation sites is 2. The minimum Gasteiger partial charge on any atom is -0.304 e. The zero-order chi connectivity index (χ0) is 17.7. The average molecular weight is 348 g/mol. The van der Waals surface area contributed by atoms with Crippen molar-refractivity contribution in [2.24, 2.45) is 0 Å². The van der Waals surface area contributed by atoms with E-state index in [1.54, 1.807) is 15.3 Å². The van der Waals surface area contributed by atoms with Crippen molar-refractivity contribution in [1.82, 2.24) is 28.9 Å². The Hall–Kier alpha value is -2.93. The van der Waals surface area contributed by atoms with Crippen LogP contribution in [0.15, 0.2) is 53.6 Å². The summed E-state index contributed by atoms with van der Waals surface area (Å²) in [7, 11) is 2.12. The largest absolute Gasteiger partial charge is 0.334 e. The van der Waals surface area contributed by atoms with Crippen LogP contribution < -0.4 is 5.69 Å². The van der Waals surface area contributed by atoms with Gasteiger partial charge in [0, 0.05) is 6.54 Å². The number of likely N-dealkylation sites (N-methyl/N-ethyl adjacent to an activating group) is 1. The molecule has 0 spiro atoms. The third kappa shape index (κ3) is 2.28. The number of likely N-dealkylation sites (tertiary alicyclic amines) is 1. The van der Waals surface area contributed by atoms with Gasteiger partial charge in [0.1, 0.15) is 0 Å². The van der Waals surface area contributed by atoms with Gasteiger partial charge in [0.15, 0.2) is 0 Å². The molecule has 1 atom stereocenters. The first-order valence-electron chi connectivity index (χ1n) is 8.93. The second kappa shape index (κ2) is 5.81. The molecule has 0 N–H and O–H groups in total. The van der Waals surface area contributed by atoms with Crippen LogP contribution in [0.5, 0.6) is 0 Å². The van der Waals surface area contributed by atoms with Crippen LogP contribution in [0.3, 0.4) is 0 Å². The van der Waals surface area contributed by atoms with Crippen LogP contribution >= 0.6 is 0 Å². The number of pyridine rings is 1. The van der Waals surface area contributed by atoms with E-state index in [2.05, 4.69) is 22.3 Å². The number of fused-ring (bicyclic) bond motifs is 2. The predicted octanol–water partition coefficient (Wildman–Crippen LogP) is 2.10. The molecule has 0 bridgehead atoms. The van der Waals surface area contributed by atoms with Crippen LogP contribution in [-0.4, -0.2) is 49.0 Å². The number of aromatic nitrogens is 5. The summed E-state index contributed by atoms with van der Waals surface area (Å²) >= 11 is 0. The lowest BCUT2D eigenvalue weighted by Crippen LogP contribution is -2.37. The first kappa shape index (κ1) is 15.3. The molecular formula is C19H20N6O. The van der Waals surface area contributed by atoms with Gasteiger partial charge >= 0.3 is 5.69 Å². The van der Waals surface area contributed by atoms with Gasteiger partial charge in [-0.1, -0.05) is 17.3 Å². The Bertz CT molecular complexity index is 1150. The number of imidazole rings is 1. The normalized spacial score (nSPS) is 18.7. The minimum absolute atomic E-state index is 0.00552. The Morgan fingerprint density at radius 2 is 1.96 bits per heavy atom.